The van der Waals surface area contributed by atoms with Crippen LogP contribution in [-0.4, -0.2) is 54.7 Å². The minimum Gasteiger partial charge on any atom is -0.376 e. The number of pyridine rings is 1. The monoisotopic (exact) mass is 423 g/mol. The number of nitrogens with one attached hydrogen (secondary N) is 1. The predicted octanol–water partition coefficient (Wildman–Crippen LogP) is 3.48. The number of amides is 2. The predicted molar refractivity (Wildman–Crippen MR) is 120 cm³/mol. The first-order chi connectivity index (χ1) is 15.1. The molecular weight excluding hydrogens is 390 g/mol. The molecule has 2 aliphatic heterocycles. The molecule has 1 aromatic rings. The van der Waals surface area contributed by atoms with Gasteiger partial charge in [0.2, 0.25) is 0 Å². The summed E-state index contributed by atoms with van der Waals surface area (Å²) in [5, 5.41) is 12.9. The number of aromatic nitrogens is 1. The summed E-state index contributed by atoms with van der Waals surface area (Å²) in [6.07, 6.45) is 8.57. The van der Waals surface area contributed by atoms with Gasteiger partial charge < -0.3 is 19.9 Å². The van der Waals surface area contributed by atoms with E-state index in [1.54, 1.807) is 6.08 Å². The Morgan fingerprint density at radius 1 is 1.32 bits per heavy atom. The van der Waals surface area contributed by atoms with Crippen LogP contribution in [0.25, 0.3) is 0 Å². The first-order valence-corrected chi connectivity index (χ1v) is 11.6. The molecule has 7 nitrogen and oxygen atoms in total. The van der Waals surface area contributed by atoms with E-state index in [9.17, 15) is 10.1 Å². The van der Waals surface area contributed by atoms with Crippen LogP contribution in [-0.2, 0) is 17.8 Å². The van der Waals surface area contributed by atoms with Crippen molar-refractivity contribution < 1.29 is 9.53 Å². The number of hydrogen-bond donors (Lipinski definition) is 1. The second kappa shape index (κ2) is 9.69. The summed E-state index contributed by atoms with van der Waals surface area (Å²) in [6, 6.07) is 2.43. The lowest BCUT2D eigenvalue weighted by Gasteiger charge is -2.41. The van der Waals surface area contributed by atoms with Gasteiger partial charge in [-0.25, -0.2) is 9.78 Å². The summed E-state index contributed by atoms with van der Waals surface area (Å²) in [4.78, 5) is 21.7. The van der Waals surface area contributed by atoms with Crippen LogP contribution in [0.4, 0.5) is 10.6 Å². The quantitative estimate of drug-likeness (QED) is 0.750. The zero-order valence-electron chi connectivity index (χ0n) is 18.5. The molecule has 3 heterocycles. The van der Waals surface area contributed by atoms with E-state index in [2.05, 4.69) is 29.8 Å². The minimum atomic E-state index is -0.0639. The van der Waals surface area contributed by atoms with Crippen LogP contribution >= 0.6 is 0 Å². The standard InChI is InChI=1S/C24H33N5O2/c1-3-10-26-24(30)29-12-11-28(15-17(29)2)23-20(14-25)19-9-13-31-16-21(19)22(27-23)18-7-5-4-6-8-18/h3,17-18H,1,4-13,15-16H2,2H3,(H,26,30). The van der Waals surface area contributed by atoms with Crippen molar-refractivity contribution in [1.82, 2.24) is 15.2 Å². The number of fused-ring (bicyclic) bond motifs is 1. The number of carbonyl (C=O) groups is 1. The summed E-state index contributed by atoms with van der Waals surface area (Å²) in [5.74, 6) is 1.26. The Bertz CT molecular complexity index is 872. The van der Waals surface area contributed by atoms with Gasteiger partial charge in [0.1, 0.15) is 11.9 Å². The fraction of sp³-hybridized carbons (Fsp3) is 0.625. The van der Waals surface area contributed by atoms with Crippen LogP contribution < -0.4 is 10.2 Å². The highest BCUT2D eigenvalue weighted by molar-refractivity contribution is 5.75. The number of piperazine rings is 1. The van der Waals surface area contributed by atoms with Crippen molar-refractivity contribution in [2.45, 2.75) is 64.0 Å². The van der Waals surface area contributed by atoms with E-state index in [-0.39, 0.29) is 12.1 Å². The molecule has 0 radical (unpaired) electrons. The first kappa shape index (κ1) is 21.6. The number of anilines is 1. The van der Waals surface area contributed by atoms with Gasteiger partial charge in [0, 0.05) is 43.7 Å². The van der Waals surface area contributed by atoms with Crippen molar-refractivity contribution >= 4 is 11.8 Å². The Morgan fingerprint density at radius 2 is 2.13 bits per heavy atom. The molecule has 2 amide bonds. The summed E-state index contributed by atoms with van der Waals surface area (Å²) in [6.45, 7) is 9.35. The number of urea groups is 1. The highest BCUT2D eigenvalue weighted by atomic mass is 16.5. The Morgan fingerprint density at radius 3 is 2.84 bits per heavy atom. The highest BCUT2D eigenvalue weighted by Crippen LogP contribution is 2.39. The molecule has 1 unspecified atom stereocenters. The maximum atomic E-state index is 12.5. The zero-order chi connectivity index (χ0) is 21.8. The minimum absolute atomic E-state index is 0.0319. The molecule has 1 aliphatic carbocycles. The number of ether oxygens (including phenoxy) is 1. The van der Waals surface area contributed by atoms with Crippen molar-refractivity contribution in [3.63, 3.8) is 0 Å². The topological polar surface area (TPSA) is 81.5 Å². The van der Waals surface area contributed by atoms with Crippen molar-refractivity contribution in [3.05, 3.63) is 35.0 Å². The molecule has 166 valence electrons. The average Bonchev–Trinajstić information content (AvgIpc) is 2.81. The molecule has 1 atom stereocenters. The van der Waals surface area contributed by atoms with E-state index in [1.165, 1.54) is 32.1 Å². The van der Waals surface area contributed by atoms with E-state index in [0.717, 1.165) is 29.1 Å². The van der Waals surface area contributed by atoms with Crippen molar-refractivity contribution in [1.29, 1.82) is 5.26 Å². The lowest BCUT2D eigenvalue weighted by molar-refractivity contribution is 0.109. The van der Waals surface area contributed by atoms with Gasteiger partial charge in [-0.1, -0.05) is 25.3 Å². The van der Waals surface area contributed by atoms with E-state index < -0.39 is 0 Å². The first-order valence-electron chi connectivity index (χ1n) is 11.6. The van der Waals surface area contributed by atoms with Gasteiger partial charge >= 0.3 is 6.03 Å². The molecular formula is C24H33N5O2. The van der Waals surface area contributed by atoms with Crippen LogP contribution in [0.5, 0.6) is 0 Å². The van der Waals surface area contributed by atoms with E-state index in [4.69, 9.17) is 9.72 Å². The molecule has 1 saturated carbocycles. The fourth-order valence-electron chi connectivity index (χ4n) is 5.24. The average molecular weight is 424 g/mol. The van der Waals surface area contributed by atoms with Crippen LogP contribution in [0.1, 0.15) is 67.3 Å². The SMILES string of the molecule is C=CCNC(=O)N1CCN(c2nc(C3CCCCC3)c3c(c2C#N)CCOC3)CC1C. The molecule has 4 rings (SSSR count). The van der Waals surface area contributed by atoms with Crippen LogP contribution in [0, 0.1) is 11.3 Å². The van der Waals surface area contributed by atoms with E-state index in [1.807, 2.05) is 4.90 Å². The van der Waals surface area contributed by atoms with E-state index >= 15 is 0 Å². The fourth-order valence-corrected chi connectivity index (χ4v) is 5.24. The molecule has 1 saturated heterocycles. The van der Waals surface area contributed by atoms with Crippen LogP contribution in [0.2, 0.25) is 0 Å². The molecule has 1 aromatic heterocycles. The second-order valence-corrected chi connectivity index (χ2v) is 8.87. The third-order valence-corrected chi connectivity index (χ3v) is 6.86. The zero-order valence-corrected chi connectivity index (χ0v) is 18.5. The molecule has 0 spiro atoms. The molecule has 7 heteroatoms. The van der Waals surface area contributed by atoms with Gasteiger partial charge in [-0.3, -0.25) is 0 Å². The van der Waals surface area contributed by atoms with Gasteiger partial charge in [-0.05, 0) is 31.7 Å². The van der Waals surface area contributed by atoms with Gasteiger partial charge in [-0.2, -0.15) is 5.26 Å². The Kier molecular flexibility index (Phi) is 6.77. The summed E-state index contributed by atoms with van der Waals surface area (Å²) >= 11 is 0. The normalized spacial score (nSPS) is 21.9. The van der Waals surface area contributed by atoms with Gasteiger partial charge in [0.25, 0.3) is 0 Å². The molecule has 0 aromatic carbocycles. The Labute approximate surface area is 185 Å². The Hall–Kier alpha value is -2.59. The number of hydrogen-bond acceptors (Lipinski definition) is 5. The largest absolute Gasteiger partial charge is 0.376 e. The van der Waals surface area contributed by atoms with E-state index in [0.29, 0.717) is 50.9 Å². The van der Waals surface area contributed by atoms with Gasteiger partial charge in [0.05, 0.1) is 24.5 Å². The molecule has 31 heavy (non-hydrogen) atoms. The smallest absolute Gasteiger partial charge is 0.318 e. The molecule has 1 N–H and O–H groups in total. The molecule has 2 fully saturated rings. The lowest BCUT2D eigenvalue weighted by Crippen LogP contribution is -2.57. The Balaban J connectivity index is 1.64. The summed E-state index contributed by atoms with van der Waals surface area (Å²) < 4.78 is 5.78. The number of nitrogens with zero attached hydrogens (tertiary/aromatic N) is 4. The third-order valence-electron chi connectivity index (χ3n) is 6.86. The second-order valence-electron chi connectivity index (χ2n) is 8.87. The molecule has 0 bridgehead atoms. The maximum Gasteiger partial charge on any atom is 0.318 e. The third kappa shape index (κ3) is 4.40. The highest BCUT2D eigenvalue weighted by Gasteiger charge is 2.33. The summed E-state index contributed by atoms with van der Waals surface area (Å²) in [5.41, 5.74) is 4.16. The van der Waals surface area contributed by atoms with Crippen molar-refractivity contribution in [3.8, 4) is 6.07 Å². The van der Waals surface area contributed by atoms with Gasteiger partial charge in [0.15, 0.2) is 0 Å². The van der Waals surface area contributed by atoms with Crippen molar-refractivity contribution in [2.75, 3.05) is 37.7 Å². The number of carbonyl (C=O) groups excluding carboxylic acids is 1. The van der Waals surface area contributed by atoms with Gasteiger partial charge in [-0.15, -0.1) is 6.58 Å². The summed E-state index contributed by atoms with van der Waals surface area (Å²) in [7, 11) is 0. The molecule has 3 aliphatic rings. The van der Waals surface area contributed by atoms with Crippen LogP contribution in [0.15, 0.2) is 12.7 Å². The lowest BCUT2D eigenvalue weighted by atomic mass is 9.82. The van der Waals surface area contributed by atoms with Crippen LogP contribution in [0.3, 0.4) is 0 Å². The van der Waals surface area contributed by atoms with Crippen molar-refractivity contribution in [2.24, 2.45) is 0 Å². The number of rotatable bonds is 4. The number of nitriles is 1. The maximum absolute atomic E-state index is 12.5.